The summed E-state index contributed by atoms with van der Waals surface area (Å²) < 4.78 is 54.3. The van der Waals surface area contributed by atoms with E-state index in [0.29, 0.717) is 25.2 Å². The number of hydrogen-bond donors (Lipinski definition) is 0. The normalized spacial score (nSPS) is 17.3. The van der Waals surface area contributed by atoms with Crippen LogP contribution >= 0.6 is 0 Å². The van der Waals surface area contributed by atoms with Crippen molar-refractivity contribution in [2.45, 2.75) is 43.0 Å². The van der Waals surface area contributed by atoms with Crippen LogP contribution in [-0.2, 0) is 26.5 Å². The van der Waals surface area contributed by atoms with Gasteiger partial charge >= 0.3 is 0 Å². The zero-order valence-corrected chi connectivity index (χ0v) is 17.3. The SMILES string of the molecule is CCN(CC)S(=O)(=O)c1ccc(S(=O)(=O)N2c3ccccc3C[C@H]2C)cc1. The number of rotatable bonds is 6. The van der Waals surface area contributed by atoms with Crippen molar-refractivity contribution in [2.24, 2.45) is 0 Å². The fraction of sp³-hybridized carbons (Fsp3) is 0.368. The van der Waals surface area contributed by atoms with E-state index in [4.69, 9.17) is 0 Å². The molecule has 1 aliphatic heterocycles. The van der Waals surface area contributed by atoms with Gasteiger partial charge in [-0.1, -0.05) is 32.0 Å². The summed E-state index contributed by atoms with van der Waals surface area (Å²) in [5.74, 6) is 0. The van der Waals surface area contributed by atoms with Gasteiger partial charge in [-0.25, -0.2) is 16.8 Å². The maximum absolute atomic E-state index is 13.2. The van der Waals surface area contributed by atoms with Crippen molar-refractivity contribution in [3.05, 3.63) is 54.1 Å². The molecule has 0 aromatic heterocycles. The molecule has 0 aliphatic carbocycles. The molecule has 0 unspecified atom stereocenters. The third-order valence-corrected chi connectivity index (χ3v) is 8.87. The van der Waals surface area contributed by atoms with Crippen molar-refractivity contribution in [1.82, 2.24) is 4.31 Å². The van der Waals surface area contributed by atoms with E-state index in [1.807, 2.05) is 25.1 Å². The summed E-state index contributed by atoms with van der Waals surface area (Å²) in [7, 11) is -7.39. The van der Waals surface area contributed by atoms with Gasteiger partial charge < -0.3 is 0 Å². The molecule has 0 radical (unpaired) electrons. The summed E-state index contributed by atoms with van der Waals surface area (Å²) in [5, 5.41) is 0. The molecule has 1 aliphatic rings. The second-order valence-electron chi connectivity index (χ2n) is 6.54. The molecule has 0 saturated carbocycles. The Balaban J connectivity index is 1.98. The first-order chi connectivity index (χ1) is 12.7. The predicted molar refractivity (Wildman–Crippen MR) is 106 cm³/mol. The molecule has 0 saturated heterocycles. The lowest BCUT2D eigenvalue weighted by atomic mass is 10.1. The summed E-state index contributed by atoms with van der Waals surface area (Å²) in [6.07, 6.45) is 0.657. The van der Waals surface area contributed by atoms with Crippen molar-refractivity contribution in [1.29, 1.82) is 0 Å². The molecule has 146 valence electrons. The number of benzene rings is 2. The Labute approximate surface area is 161 Å². The average molecular weight is 409 g/mol. The number of anilines is 1. The van der Waals surface area contributed by atoms with Crippen molar-refractivity contribution in [3.63, 3.8) is 0 Å². The number of para-hydroxylation sites is 1. The summed E-state index contributed by atoms with van der Waals surface area (Å²) >= 11 is 0. The van der Waals surface area contributed by atoms with Crippen molar-refractivity contribution in [2.75, 3.05) is 17.4 Å². The van der Waals surface area contributed by atoms with E-state index in [1.54, 1.807) is 19.9 Å². The molecule has 27 heavy (non-hydrogen) atoms. The van der Waals surface area contributed by atoms with Crippen LogP contribution in [0.5, 0.6) is 0 Å². The molecule has 1 atom stereocenters. The highest BCUT2D eigenvalue weighted by Gasteiger charge is 2.36. The summed E-state index contributed by atoms with van der Waals surface area (Å²) in [6, 6.07) is 12.7. The molecule has 0 bridgehead atoms. The summed E-state index contributed by atoms with van der Waals surface area (Å²) in [6.45, 7) is 6.14. The zero-order valence-electron chi connectivity index (χ0n) is 15.7. The third-order valence-electron chi connectivity index (χ3n) is 4.87. The molecule has 0 fully saturated rings. The van der Waals surface area contributed by atoms with Crippen molar-refractivity contribution >= 4 is 25.7 Å². The Bertz CT molecular complexity index is 1030. The monoisotopic (exact) mass is 408 g/mol. The Morgan fingerprint density at radius 2 is 1.48 bits per heavy atom. The number of sulfonamides is 2. The topological polar surface area (TPSA) is 74.8 Å². The van der Waals surface area contributed by atoms with E-state index < -0.39 is 20.0 Å². The number of nitrogens with zero attached hydrogens (tertiary/aromatic N) is 2. The van der Waals surface area contributed by atoms with Gasteiger partial charge in [-0.05, 0) is 49.2 Å². The minimum Gasteiger partial charge on any atom is -0.263 e. The Morgan fingerprint density at radius 1 is 0.926 bits per heavy atom. The lowest BCUT2D eigenvalue weighted by Gasteiger charge is -2.24. The zero-order chi connectivity index (χ0) is 19.8. The highest BCUT2D eigenvalue weighted by Crippen LogP contribution is 2.36. The van der Waals surface area contributed by atoms with Crippen LogP contribution in [0, 0.1) is 0 Å². The molecule has 0 spiro atoms. The Hall–Kier alpha value is -1.90. The first-order valence-electron chi connectivity index (χ1n) is 8.96. The summed E-state index contributed by atoms with van der Waals surface area (Å²) in [5.41, 5.74) is 1.68. The molecular weight excluding hydrogens is 384 g/mol. The van der Waals surface area contributed by atoms with Gasteiger partial charge in [0.25, 0.3) is 10.0 Å². The second kappa shape index (κ2) is 7.26. The van der Waals surface area contributed by atoms with Crippen LogP contribution in [0.2, 0.25) is 0 Å². The average Bonchev–Trinajstić information content (AvgIpc) is 2.99. The molecule has 1 heterocycles. The lowest BCUT2D eigenvalue weighted by molar-refractivity contribution is 0.445. The molecule has 0 amide bonds. The second-order valence-corrected chi connectivity index (χ2v) is 10.3. The Morgan fingerprint density at radius 3 is 2.07 bits per heavy atom. The first-order valence-corrected chi connectivity index (χ1v) is 11.8. The van der Waals surface area contributed by atoms with Gasteiger partial charge in [-0.2, -0.15) is 4.31 Å². The van der Waals surface area contributed by atoms with Crippen molar-refractivity contribution < 1.29 is 16.8 Å². The largest absolute Gasteiger partial charge is 0.264 e. The predicted octanol–water partition coefficient (Wildman–Crippen LogP) is 2.86. The van der Waals surface area contributed by atoms with Gasteiger partial charge in [0.05, 0.1) is 15.5 Å². The van der Waals surface area contributed by atoms with Crippen LogP contribution < -0.4 is 4.31 Å². The fourth-order valence-electron chi connectivity index (χ4n) is 3.51. The van der Waals surface area contributed by atoms with E-state index in [1.165, 1.54) is 32.9 Å². The maximum atomic E-state index is 13.2. The molecule has 2 aromatic rings. The lowest BCUT2D eigenvalue weighted by Crippen LogP contribution is -2.35. The van der Waals surface area contributed by atoms with E-state index in [0.717, 1.165) is 5.56 Å². The van der Waals surface area contributed by atoms with Gasteiger partial charge in [0.15, 0.2) is 0 Å². The van der Waals surface area contributed by atoms with Crippen LogP contribution in [0.1, 0.15) is 26.3 Å². The van der Waals surface area contributed by atoms with Crippen LogP contribution in [0.4, 0.5) is 5.69 Å². The molecule has 3 rings (SSSR count). The standard InChI is InChI=1S/C19H24N2O4S2/c1-4-20(5-2)26(22,23)17-10-12-18(13-11-17)27(24,25)21-15(3)14-16-8-6-7-9-19(16)21/h6-13,15H,4-5,14H2,1-3H3/t15-/m1/s1. The first kappa shape index (κ1) is 19.9. The van der Waals surface area contributed by atoms with Crippen molar-refractivity contribution in [3.8, 4) is 0 Å². The van der Waals surface area contributed by atoms with Crippen LogP contribution in [-0.4, -0.2) is 40.3 Å². The van der Waals surface area contributed by atoms with Crippen LogP contribution in [0.25, 0.3) is 0 Å². The van der Waals surface area contributed by atoms with Gasteiger partial charge in [0.2, 0.25) is 10.0 Å². The minimum absolute atomic E-state index is 0.0875. The van der Waals surface area contributed by atoms with Crippen LogP contribution in [0.15, 0.2) is 58.3 Å². The van der Waals surface area contributed by atoms with Gasteiger partial charge in [0.1, 0.15) is 0 Å². The molecule has 6 nitrogen and oxygen atoms in total. The van der Waals surface area contributed by atoms with E-state index >= 15 is 0 Å². The minimum atomic E-state index is -3.77. The molecule has 0 N–H and O–H groups in total. The van der Waals surface area contributed by atoms with Gasteiger partial charge in [-0.3, -0.25) is 4.31 Å². The van der Waals surface area contributed by atoms with Crippen LogP contribution in [0.3, 0.4) is 0 Å². The van der Waals surface area contributed by atoms with E-state index in [-0.39, 0.29) is 15.8 Å². The highest BCUT2D eigenvalue weighted by atomic mass is 32.2. The van der Waals surface area contributed by atoms with Gasteiger partial charge in [-0.15, -0.1) is 0 Å². The maximum Gasteiger partial charge on any atom is 0.264 e. The summed E-state index contributed by atoms with van der Waals surface area (Å²) in [4.78, 5) is 0.185. The Kier molecular flexibility index (Phi) is 5.33. The smallest absolute Gasteiger partial charge is 0.263 e. The fourth-order valence-corrected chi connectivity index (χ4v) is 6.66. The third kappa shape index (κ3) is 3.37. The quantitative estimate of drug-likeness (QED) is 0.737. The molecule has 2 aromatic carbocycles. The van der Waals surface area contributed by atoms with E-state index in [9.17, 15) is 16.8 Å². The highest BCUT2D eigenvalue weighted by molar-refractivity contribution is 7.93. The number of fused-ring (bicyclic) bond motifs is 1. The molecular formula is C19H24N2O4S2. The number of hydrogen-bond acceptors (Lipinski definition) is 4. The van der Waals surface area contributed by atoms with Gasteiger partial charge in [0, 0.05) is 19.1 Å². The van der Waals surface area contributed by atoms with E-state index in [2.05, 4.69) is 0 Å². The molecule has 8 heteroatoms.